The van der Waals surface area contributed by atoms with Crippen LogP contribution in [0.3, 0.4) is 0 Å². The van der Waals surface area contributed by atoms with Crippen molar-refractivity contribution < 1.29 is 4.74 Å². The lowest BCUT2D eigenvalue weighted by molar-refractivity contribution is 0.410. The molecule has 3 nitrogen and oxygen atoms in total. The first-order chi connectivity index (χ1) is 10.2. The molecule has 0 saturated carbocycles. The van der Waals surface area contributed by atoms with Gasteiger partial charge in [-0.15, -0.1) is 0 Å². The van der Waals surface area contributed by atoms with Crippen LogP contribution in [0.2, 0.25) is 0 Å². The predicted octanol–water partition coefficient (Wildman–Crippen LogP) is 3.68. The van der Waals surface area contributed by atoms with Gasteiger partial charge in [0.15, 0.2) is 0 Å². The van der Waals surface area contributed by atoms with Gasteiger partial charge in [-0.1, -0.05) is 31.2 Å². The summed E-state index contributed by atoms with van der Waals surface area (Å²) >= 11 is 0. The third-order valence-corrected chi connectivity index (χ3v) is 3.70. The van der Waals surface area contributed by atoms with Crippen molar-refractivity contribution in [1.82, 2.24) is 10.3 Å². The van der Waals surface area contributed by atoms with Gasteiger partial charge in [-0.2, -0.15) is 0 Å². The van der Waals surface area contributed by atoms with E-state index in [1.165, 1.54) is 16.7 Å². The third kappa shape index (κ3) is 4.30. The fourth-order valence-corrected chi connectivity index (χ4v) is 2.42. The van der Waals surface area contributed by atoms with Gasteiger partial charge in [-0.25, -0.2) is 0 Å². The van der Waals surface area contributed by atoms with Crippen molar-refractivity contribution in [2.45, 2.75) is 32.7 Å². The number of benzene rings is 1. The van der Waals surface area contributed by atoms with Crippen LogP contribution in [-0.2, 0) is 6.42 Å². The average molecular weight is 284 g/mol. The summed E-state index contributed by atoms with van der Waals surface area (Å²) in [4.78, 5) is 4.28. The summed E-state index contributed by atoms with van der Waals surface area (Å²) in [7, 11) is 1.68. The largest absolute Gasteiger partial charge is 0.495 e. The molecule has 0 radical (unpaired) electrons. The molecule has 1 unspecified atom stereocenters. The Hall–Kier alpha value is -1.87. The van der Waals surface area contributed by atoms with Gasteiger partial charge in [-0.3, -0.25) is 4.98 Å². The second-order valence-corrected chi connectivity index (χ2v) is 5.30. The Balaban J connectivity index is 2.23. The molecule has 112 valence electrons. The molecule has 1 aromatic heterocycles. The van der Waals surface area contributed by atoms with Crippen LogP contribution in [0.4, 0.5) is 0 Å². The number of methoxy groups -OCH3 is 1. The minimum Gasteiger partial charge on any atom is -0.495 e. The van der Waals surface area contributed by atoms with Gasteiger partial charge in [-0.05, 0) is 49.1 Å². The Morgan fingerprint density at radius 3 is 2.76 bits per heavy atom. The highest BCUT2D eigenvalue weighted by molar-refractivity contribution is 5.31. The lowest BCUT2D eigenvalue weighted by atomic mass is 9.97. The number of ether oxygens (including phenoxy) is 1. The van der Waals surface area contributed by atoms with E-state index in [-0.39, 0.29) is 6.04 Å². The smallest absolute Gasteiger partial charge is 0.137 e. The van der Waals surface area contributed by atoms with Crippen molar-refractivity contribution in [3.05, 3.63) is 59.4 Å². The van der Waals surface area contributed by atoms with E-state index in [2.05, 4.69) is 54.5 Å². The van der Waals surface area contributed by atoms with Crippen LogP contribution in [0.25, 0.3) is 0 Å². The van der Waals surface area contributed by atoms with Gasteiger partial charge < -0.3 is 10.1 Å². The Bertz CT molecular complexity index is 569. The summed E-state index contributed by atoms with van der Waals surface area (Å²) in [6.45, 7) is 5.34. The second-order valence-electron chi connectivity index (χ2n) is 5.30. The second kappa shape index (κ2) is 7.79. The number of rotatable bonds is 7. The summed E-state index contributed by atoms with van der Waals surface area (Å²) in [6.07, 6.45) is 5.74. The lowest BCUT2D eigenvalue weighted by Gasteiger charge is -2.20. The topological polar surface area (TPSA) is 34.2 Å². The van der Waals surface area contributed by atoms with E-state index in [1.807, 2.05) is 6.20 Å². The molecule has 21 heavy (non-hydrogen) atoms. The first kappa shape index (κ1) is 15.5. The van der Waals surface area contributed by atoms with Gasteiger partial charge in [0.1, 0.15) is 5.75 Å². The van der Waals surface area contributed by atoms with Gasteiger partial charge in [0.05, 0.1) is 13.3 Å². The van der Waals surface area contributed by atoms with Gasteiger partial charge in [0, 0.05) is 12.2 Å². The lowest BCUT2D eigenvalue weighted by Crippen LogP contribution is -2.24. The van der Waals surface area contributed by atoms with Crippen LogP contribution in [0.5, 0.6) is 5.75 Å². The summed E-state index contributed by atoms with van der Waals surface area (Å²) in [5, 5.41) is 3.62. The van der Waals surface area contributed by atoms with Gasteiger partial charge in [0.2, 0.25) is 0 Å². The number of aromatic nitrogens is 1. The van der Waals surface area contributed by atoms with Crippen LogP contribution in [-0.4, -0.2) is 18.6 Å². The minimum absolute atomic E-state index is 0.258. The highest BCUT2D eigenvalue weighted by atomic mass is 16.5. The monoisotopic (exact) mass is 284 g/mol. The maximum absolute atomic E-state index is 5.29. The maximum Gasteiger partial charge on any atom is 0.137 e. The molecule has 0 bridgehead atoms. The van der Waals surface area contributed by atoms with E-state index in [4.69, 9.17) is 4.74 Å². The zero-order chi connectivity index (χ0) is 15.1. The summed E-state index contributed by atoms with van der Waals surface area (Å²) in [5.74, 6) is 0.806. The zero-order valence-electron chi connectivity index (χ0n) is 13.1. The number of hydrogen-bond acceptors (Lipinski definition) is 3. The summed E-state index contributed by atoms with van der Waals surface area (Å²) in [5.41, 5.74) is 3.87. The number of nitrogens with one attached hydrogen (secondary N) is 1. The fourth-order valence-electron chi connectivity index (χ4n) is 2.42. The fraction of sp³-hybridized carbons (Fsp3) is 0.389. The summed E-state index contributed by atoms with van der Waals surface area (Å²) in [6, 6.07) is 10.9. The Kier molecular flexibility index (Phi) is 5.76. The van der Waals surface area contributed by atoms with Crippen molar-refractivity contribution in [2.24, 2.45) is 0 Å². The molecular formula is C18H24N2O. The average Bonchev–Trinajstić information content (AvgIpc) is 2.53. The molecule has 0 spiro atoms. The van der Waals surface area contributed by atoms with Crippen molar-refractivity contribution in [3.8, 4) is 5.75 Å². The van der Waals surface area contributed by atoms with Crippen LogP contribution in [0.15, 0.2) is 42.7 Å². The van der Waals surface area contributed by atoms with Crippen LogP contribution >= 0.6 is 0 Å². The van der Waals surface area contributed by atoms with E-state index in [1.54, 1.807) is 13.3 Å². The molecule has 0 fully saturated rings. The SMILES string of the molecule is CCCNC(Cc1ccccc1C)c1cncc(OC)c1. The molecular weight excluding hydrogens is 260 g/mol. The highest BCUT2D eigenvalue weighted by Crippen LogP contribution is 2.22. The van der Waals surface area contributed by atoms with Gasteiger partial charge in [0.25, 0.3) is 0 Å². The number of nitrogens with zero attached hydrogens (tertiary/aromatic N) is 1. The molecule has 0 aliphatic carbocycles. The molecule has 0 amide bonds. The van der Waals surface area contributed by atoms with E-state index < -0.39 is 0 Å². The van der Waals surface area contributed by atoms with Crippen molar-refractivity contribution >= 4 is 0 Å². The molecule has 3 heteroatoms. The molecule has 0 aliphatic rings. The number of hydrogen-bond donors (Lipinski definition) is 1. The normalized spacial score (nSPS) is 12.1. The predicted molar refractivity (Wildman–Crippen MR) is 86.7 cm³/mol. The van der Waals surface area contributed by atoms with Crippen molar-refractivity contribution in [3.63, 3.8) is 0 Å². The van der Waals surface area contributed by atoms with E-state index in [9.17, 15) is 0 Å². The van der Waals surface area contributed by atoms with Crippen LogP contribution in [0.1, 0.15) is 36.1 Å². The molecule has 1 aromatic carbocycles. The molecule has 1 heterocycles. The molecule has 0 saturated heterocycles. The third-order valence-electron chi connectivity index (χ3n) is 3.70. The van der Waals surface area contributed by atoms with E-state index in [0.717, 1.165) is 25.1 Å². The Morgan fingerprint density at radius 1 is 1.24 bits per heavy atom. The van der Waals surface area contributed by atoms with Gasteiger partial charge >= 0.3 is 0 Å². The van der Waals surface area contributed by atoms with Crippen LogP contribution < -0.4 is 10.1 Å². The van der Waals surface area contributed by atoms with E-state index >= 15 is 0 Å². The molecule has 0 aliphatic heterocycles. The molecule has 2 rings (SSSR count). The Morgan fingerprint density at radius 2 is 2.05 bits per heavy atom. The molecule has 1 N–H and O–H groups in total. The first-order valence-electron chi connectivity index (χ1n) is 7.51. The minimum atomic E-state index is 0.258. The standard InChI is InChI=1S/C18H24N2O/c1-4-9-20-18(11-15-8-6-5-7-14(15)2)16-10-17(21-3)13-19-12-16/h5-8,10,12-13,18,20H,4,9,11H2,1-3H3. The van der Waals surface area contributed by atoms with E-state index in [0.29, 0.717) is 0 Å². The van der Waals surface area contributed by atoms with Crippen molar-refractivity contribution in [2.75, 3.05) is 13.7 Å². The summed E-state index contributed by atoms with van der Waals surface area (Å²) < 4.78 is 5.29. The Labute approximate surface area is 127 Å². The van der Waals surface area contributed by atoms with Crippen molar-refractivity contribution in [1.29, 1.82) is 0 Å². The first-order valence-corrected chi connectivity index (χ1v) is 7.51. The number of aryl methyl sites for hydroxylation is 1. The maximum atomic E-state index is 5.29. The zero-order valence-corrected chi connectivity index (χ0v) is 13.1. The quantitative estimate of drug-likeness (QED) is 0.842. The molecule has 2 aromatic rings. The molecule has 1 atom stereocenters. The number of pyridine rings is 1. The highest BCUT2D eigenvalue weighted by Gasteiger charge is 2.14. The van der Waals surface area contributed by atoms with Crippen LogP contribution in [0, 0.1) is 6.92 Å².